The average molecular weight is 622 g/mol. The molecule has 3 N–H and O–H groups in total. The van der Waals surface area contributed by atoms with Crippen molar-refractivity contribution in [3.8, 4) is 11.5 Å². The molecule has 1 heterocycles. The van der Waals surface area contributed by atoms with Crippen molar-refractivity contribution < 1.29 is 38.0 Å². The monoisotopic (exact) mass is 621 g/mol. The molecule has 45 heavy (non-hydrogen) atoms. The number of esters is 1. The molecule has 1 aliphatic rings. The zero-order valence-electron chi connectivity index (χ0n) is 26.0. The molecule has 0 unspecified atom stereocenters. The van der Waals surface area contributed by atoms with E-state index in [1.165, 1.54) is 12.1 Å². The van der Waals surface area contributed by atoms with Crippen molar-refractivity contribution in [3.05, 3.63) is 95.3 Å². The molecule has 0 spiro atoms. The molecule has 3 aromatic rings. The second-order valence-electron chi connectivity index (χ2n) is 11.6. The van der Waals surface area contributed by atoms with E-state index < -0.39 is 34.9 Å². The summed E-state index contributed by atoms with van der Waals surface area (Å²) in [5, 5.41) is 9.03. The molecule has 1 aliphatic heterocycles. The molecular weight excluding hydrogens is 581 g/mol. The van der Waals surface area contributed by atoms with Crippen LogP contribution in [0.3, 0.4) is 0 Å². The smallest absolute Gasteiger partial charge is 0.306 e. The minimum atomic E-state index is -1.61. The fourth-order valence-electron chi connectivity index (χ4n) is 4.84. The van der Waals surface area contributed by atoms with Crippen LogP contribution in [0.4, 0.5) is 4.39 Å². The lowest BCUT2D eigenvalue weighted by Gasteiger charge is -2.31. The molecule has 0 bridgehead atoms. The number of hydrogen-bond acceptors (Lipinski definition) is 9. The Morgan fingerprint density at radius 1 is 1.04 bits per heavy atom. The van der Waals surface area contributed by atoms with Crippen LogP contribution in [0.1, 0.15) is 62.8 Å². The summed E-state index contributed by atoms with van der Waals surface area (Å²) < 4.78 is 36.8. The van der Waals surface area contributed by atoms with Gasteiger partial charge < -0.3 is 24.1 Å². The number of carbonyl (C=O) groups is 2. The molecule has 4 rings (SSSR count). The molecule has 0 aromatic heterocycles. The van der Waals surface area contributed by atoms with E-state index in [4.69, 9.17) is 29.0 Å². The van der Waals surface area contributed by atoms with Gasteiger partial charge in [-0.2, -0.15) is 0 Å². The third-order valence-electron chi connectivity index (χ3n) is 6.94. The highest BCUT2D eigenvalue weighted by atomic mass is 19.1. The summed E-state index contributed by atoms with van der Waals surface area (Å²) in [5.41, 5.74) is 5.10. The SMILES string of the molecule is COc1cccc([C@@H]2OC(c3ccc(OCCCO)cc3)=N[C@]2(CCC(=O)OC(C)(C)C)C(=O)NNCc2cccc(F)c2)c1. The van der Waals surface area contributed by atoms with E-state index in [0.29, 0.717) is 41.2 Å². The summed E-state index contributed by atoms with van der Waals surface area (Å²) in [5.74, 6) is -0.0655. The number of aliphatic imine (C=N–C) groups is 1. The largest absolute Gasteiger partial charge is 0.497 e. The average Bonchev–Trinajstić information content (AvgIpc) is 3.41. The van der Waals surface area contributed by atoms with Crippen molar-refractivity contribution in [2.24, 2.45) is 4.99 Å². The van der Waals surface area contributed by atoms with Crippen LogP contribution in [-0.4, -0.2) is 54.3 Å². The summed E-state index contributed by atoms with van der Waals surface area (Å²) in [4.78, 5) is 32.0. The van der Waals surface area contributed by atoms with Crippen molar-refractivity contribution in [1.82, 2.24) is 10.9 Å². The van der Waals surface area contributed by atoms with Crippen LogP contribution >= 0.6 is 0 Å². The van der Waals surface area contributed by atoms with E-state index in [0.717, 1.165) is 0 Å². The molecule has 0 radical (unpaired) electrons. The van der Waals surface area contributed by atoms with Crippen LogP contribution < -0.4 is 20.3 Å². The highest BCUT2D eigenvalue weighted by molar-refractivity contribution is 6.01. The molecule has 0 fully saturated rings. The summed E-state index contributed by atoms with van der Waals surface area (Å²) in [6.07, 6.45) is -0.598. The van der Waals surface area contributed by atoms with Gasteiger partial charge in [0.2, 0.25) is 5.90 Å². The van der Waals surface area contributed by atoms with Gasteiger partial charge in [-0.15, -0.1) is 0 Å². The molecule has 240 valence electrons. The van der Waals surface area contributed by atoms with Crippen molar-refractivity contribution >= 4 is 17.8 Å². The lowest BCUT2D eigenvalue weighted by atomic mass is 9.83. The molecule has 0 aliphatic carbocycles. The standard InChI is InChI=1S/C34H40FN3O7/c1-33(2,3)45-29(40)16-17-34(32(41)38-36-22-23-8-5-10-26(35)20-23)30(25-9-6-11-28(21-25)42-4)44-31(37-34)24-12-14-27(15-13-24)43-19-7-18-39/h5-6,8-15,20-21,30,36,39H,7,16-19,22H2,1-4H3,(H,38,41)/t30-,34-/m0/s1. The Bertz CT molecular complexity index is 1490. The topological polar surface area (TPSA) is 128 Å². The number of hydrazine groups is 1. The fourth-order valence-corrected chi connectivity index (χ4v) is 4.84. The predicted octanol–water partition coefficient (Wildman–Crippen LogP) is 4.80. The first kappa shape index (κ1) is 33.4. The number of benzene rings is 3. The van der Waals surface area contributed by atoms with Gasteiger partial charge in [0, 0.05) is 31.6 Å². The Labute approximate surface area is 262 Å². The van der Waals surface area contributed by atoms with Crippen LogP contribution in [-0.2, 0) is 25.6 Å². The molecule has 10 nitrogen and oxygen atoms in total. The second-order valence-corrected chi connectivity index (χ2v) is 11.6. The maximum atomic E-state index is 14.2. The van der Waals surface area contributed by atoms with Gasteiger partial charge in [-0.1, -0.05) is 24.3 Å². The van der Waals surface area contributed by atoms with E-state index in [1.807, 2.05) is 0 Å². The first-order chi connectivity index (χ1) is 21.5. The molecule has 3 aromatic carbocycles. The van der Waals surface area contributed by atoms with Gasteiger partial charge >= 0.3 is 5.97 Å². The van der Waals surface area contributed by atoms with E-state index >= 15 is 0 Å². The molecule has 1 amide bonds. The Balaban J connectivity index is 1.70. The lowest BCUT2D eigenvalue weighted by molar-refractivity contribution is -0.155. The highest BCUT2D eigenvalue weighted by Gasteiger charge is 2.53. The van der Waals surface area contributed by atoms with Gasteiger partial charge in [0.05, 0.1) is 13.7 Å². The van der Waals surface area contributed by atoms with E-state index in [9.17, 15) is 14.0 Å². The van der Waals surface area contributed by atoms with Gasteiger partial charge in [0.1, 0.15) is 22.9 Å². The second kappa shape index (κ2) is 15.0. The van der Waals surface area contributed by atoms with E-state index in [2.05, 4.69) is 10.9 Å². The zero-order valence-corrected chi connectivity index (χ0v) is 26.0. The first-order valence-electron chi connectivity index (χ1n) is 14.8. The number of nitrogens with one attached hydrogen (secondary N) is 2. The highest BCUT2D eigenvalue weighted by Crippen LogP contribution is 2.44. The Morgan fingerprint density at radius 2 is 1.80 bits per heavy atom. The lowest BCUT2D eigenvalue weighted by Crippen LogP contribution is -2.52. The van der Waals surface area contributed by atoms with Crippen molar-refractivity contribution in [2.75, 3.05) is 20.3 Å². The van der Waals surface area contributed by atoms with E-state index in [1.54, 1.807) is 88.5 Å². The summed E-state index contributed by atoms with van der Waals surface area (Å²) in [7, 11) is 1.54. The summed E-state index contributed by atoms with van der Waals surface area (Å²) >= 11 is 0. The number of hydrogen-bond donors (Lipinski definition) is 3. The third kappa shape index (κ3) is 9.02. The van der Waals surface area contributed by atoms with Crippen LogP contribution in [0.15, 0.2) is 77.8 Å². The summed E-state index contributed by atoms with van der Waals surface area (Å²) in [6.45, 7) is 5.85. The molecule has 11 heteroatoms. The minimum absolute atomic E-state index is 0.0267. The Hall–Kier alpha value is -4.48. The number of rotatable bonds is 14. The number of ether oxygens (including phenoxy) is 4. The fraction of sp³-hybridized carbons (Fsp3) is 0.382. The zero-order chi connectivity index (χ0) is 32.5. The number of aliphatic hydroxyl groups is 1. The number of nitrogens with zero attached hydrogens (tertiary/aromatic N) is 1. The number of methoxy groups -OCH3 is 1. The van der Waals surface area contributed by atoms with Gasteiger partial charge in [-0.05, 0) is 86.8 Å². The Morgan fingerprint density at radius 3 is 2.49 bits per heavy atom. The number of aliphatic hydroxyl groups excluding tert-OH is 1. The third-order valence-corrected chi connectivity index (χ3v) is 6.94. The molecule has 0 saturated carbocycles. The Kier molecular flexibility index (Phi) is 11.1. The number of amides is 1. The maximum absolute atomic E-state index is 14.2. The maximum Gasteiger partial charge on any atom is 0.306 e. The van der Waals surface area contributed by atoms with Crippen LogP contribution in [0.5, 0.6) is 11.5 Å². The molecular formula is C34H40FN3O7. The summed E-state index contributed by atoms with van der Waals surface area (Å²) in [6, 6.07) is 20.2. The minimum Gasteiger partial charge on any atom is -0.497 e. The van der Waals surface area contributed by atoms with E-state index in [-0.39, 0.29) is 31.9 Å². The van der Waals surface area contributed by atoms with Crippen LogP contribution in [0.2, 0.25) is 0 Å². The van der Waals surface area contributed by atoms with Crippen molar-refractivity contribution in [2.45, 2.75) is 63.8 Å². The number of halogens is 1. The normalized spacial score (nSPS) is 17.6. The first-order valence-corrected chi connectivity index (χ1v) is 14.8. The van der Waals surface area contributed by atoms with Gasteiger partial charge in [-0.25, -0.2) is 14.8 Å². The van der Waals surface area contributed by atoms with Gasteiger partial charge in [0.25, 0.3) is 5.91 Å². The van der Waals surface area contributed by atoms with Crippen LogP contribution in [0, 0.1) is 5.82 Å². The molecule has 0 saturated heterocycles. The van der Waals surface area contributed by atoms with Gasteiger partial charge in [-0.3, -0.25) is 15.0 Å². The number of carbonyl (C=O) groups excluding carboxylic acids is 2. The van der Waals surface area contributed by atoms with Crippen LogP contribution in [0.25, 0.3) is 0 Å². The molecule has 2 atom stereocenters. The van der Waals surface area contributed by atoms with Crippen molar-refractivity contribution in [3.63, 3.8) is 0 Å². The van der Waals surface area contributed by atoms with Crippen molar-refractivity contribution in [1.29, 1.82) is 0 Å². The quantitative estimate of drug-likeness (QED) is 0.133. The van der Waals surface area contributed by atoms with Gasteiger partial charge in [0.15, 0.2) is 11.6 Å². The predicted molar refractivity (Wildman–Crippen MR) is 166 cm³/mol.